The largest absolute Gasteiger partial charge is 0.444 e. The van der Waals surface area contributed by atoms with E-state index in [1.165, 1.54) is 10.6 Å². The van der Waals surface area contributed by atoms with Gasteiger partial charge in [0.25, 0.3) is 0 Å². The molecule has 1 saturated heterocycles. The Hall–Kier alpha value is -2.39. The van der Waals surface area contributed by atoms with Gasteiger partial charge in [0.15, 0.2) is 0 Å². The summed E-state index contributed by atoms with van der Waals surface area (Å²) >= 11 is 0. The molecule has 0 aliphatic carbocycles. The fourth-order valence-electron chi connectivity index (χ4n) is 4.23. The third-order valence-corrected chi connectivity index (χ3v) is 8.42. The number of amides is 2. The van der Waals surface area contributed by atoms with Crippen LogP contribution >= 0.6 is 7.92 Å². The number of carbonyl (C=O) groups excluding carboxylic acids is 2. The van der Waals surface area contributed by atoms with Crippen LogP contribution in [0.2, 0.25) is 0 Å². The second-order valence-electron chi connectivity index (χ2n) is 9.98. The molecule has 0 radical (unpaired) electrons. The molecule has 1 aliphatic rings. The fraction of sp³-hybridized carbons (Fsp3) is 0.481. The Kier molecular flexibility index (Phi) is 8.53. The van der Waals surface area contributed by atoms with Crippen LogP contribution in [-0.4, -0.2) is 47.3 Å². The highest BCUT2D eigenvalue weighted by molar-refractivity contribution is 7.73. The summed E-state index contributed by atoms with van der Waals surface area (Å²) in [6.07, 6.45) is 2.36. The third kappa shape index (κ3) is 7.04. The average Bonchev–Trinajstić information content (AvgIpc) is 3.23. The zero-order valence-electron chi connectivity index (χ0n) is 20.5. The third-order valence-electron chi connectivity index (χ3n) is 5.79. The van der Waals surface area contributed by atoms with Crippen LogP contribution in [0.25, 0.3) is 0 Å². The van der Waals surface area contributed by atoms with Crippen molar-refractivity contribution in [1.29, 1.82) is 0 Å². The number of alkyl carbamates (subject to hydrolysis) is 1. The molecule has 178 valence electrons. The zero-order chi connectivity index (χ0) is 24.0. The molecule has 1 unspecified atom stereocenters. The van der Waals surface area contributed by atoms with Crippen LogP contribution in [0.5, 0.6) is 0 Å². The van der Waals surface area contributed by atoms with Crippen LogP contribution in [-0.2, 0) is 9.53 Å². The van der Waals surface area contributed by atoms with Gasteiger partial charge in [-0.2, -0.15) is 0 Å². The molecule has 0 spiro atoms. The molecule has 2 amide bonds. The maximum atomic E-state index is 13.6. The van der Waals surface area contributed by atoms with E-state index in [9.17, 15) is 9.59 Å². The van der Waals surface area contributed by atoms with Gasteiger partial charge in [-0.1, -0.05) is 74.5 Å². The molecule has 5 nitrogen and oxygen atoms in total. The van der Waals surface area contributed by atoms with Crippen LogP contribution in [0.1, 0.15) is 47.5 Å². The summed E-state index contributed by atoms with van der Waals surface area (Å²) in [4.78, 5) is 28.0. The number of hydrogen-bond acceptors (Lipinski definition) is 3. The highest BCUT2D eigenvalue weighted by atomic mass is 31.1. The predicted molar refractivity (Wildman–Crippen MR) is 137 cm³/mol. The first-order valence-corrected chi connectivity index (χ1v) is 13.4. The molecule has 0 saturated carbocycles. The van der Waals surface area contributed by atoms with Crippen molar-refractivity contribution in [2.24, 2.45) is 5.92 Å². The summed E-state index contributed by atoms with van der Waals surface area (Å²) in [6.45, 7) is 10.1. The van der Waals surface area contributed by atoms with E-state index in [-0.39, 0.29) is 17.9 Å². The van der Waals surface area contributed by atoms with Crippen molar-refractivity contribution in [2.75, 3.05) is 12.7 Å². The lowest BCUT2D eigenvalue weighted by atomic mass is 10.0. The lowest BCUT2D eigenvalue weighted by Gasteiger charge is -2.33. The van der Waals surface area contributed by atoms with Gasteiger partial charge in [0.05, 0.1) is 0 Å². The zero-order valence-corrected chi connectivity index (χ0v) is 21.3. The normalized spacial score (nSPS) is 17.3. The summed E-state index contributed by atoms with van der Waals surface area (Å²) in [5.74, 6) is -0.0366. The first-order valence-electron chi connectivity index (χ1n) is 11.8. The summed E-state index contributed by atoms with van der Waals surface area (Å²) in [5.41, 5.74) is -0.605. The first-order chi connectivity index (χ1) is 15.7. The van der Waals surface area contributed by atoms with Gasteiger partial charge in [0.2, 0.25) is 5.91 Å². The summed E-state index contributed by atoms with van der Waals surface area (Å²) in [5, 5.41) is 5.49. The molecular formula is C27H37N2O3P. The van der Waals surface area contributed by atoms with Crippen molar-refractivity contribution in [3.63, 3.8) is 0 Å². The van der Waals surface area contributed by atoms with Crippen molar-refractivity contribution in [2.45, 2.75) is 65.1 Å². The van der Waals surface area contributed by atoms with Crippen LogP contribution in [0.4, 0.5) is 4.79 Å². The Balaban J connectivity index is 1.79. The molecule has 2 aromatic rings. The molecule has 3 rings (SSSR count). The van der Waals surface area contributed by atoms with Gasteiger partial charge in [-0.3, -0.25) is 4.79 Å². The quantitative estimate of drug-likeness (QED) is 0.602. The van der Waals surface area contributed by atoms with E-state index >= 15 is 0 Å². The number of likely N-dealkylation sites (tertiary alicyclic amines) is 1. The van der Waals surface area contributed by atoms with Crippen molar-refractivity contribution in [3.8, 4) is 0 Å². The Bertz CT molecular complexity index is 872. The van der Waals surface area contributed by atoms with Crippen LogP contribution in [0.15, 0.2) is 60.7 Å². The van der Waals surface area contributed by atoms with E-state index in [4.69, 9.17) is 4.74 Å². The lowest BCUT2D eigenvalue weighted by Crippen LogP contribution is -2.53. The maximum Gasteiger partial charge on any atom is 0.408 e. The molecule has 0 aromatic heterocycles. The molecule has 2 aromatic carbocycles. The van der Waals surface area contributed by atoms with Gasteiger partial charge in [0, 0.05) is 12.6 Å². The number of ether oxygens (including phenoxy) is 1. The molecule has 6 heteroatoms. The Labute approximate surface area is 199 Å². The van der Waals surface area contributed by atoms with Crippen LogP contribution in [0, 0.1) is 5.92 Å². The van der Waals surface area contributed by atoms with Gasteiger partial charge in [-0.25, -0.2) is 4.79 Å². The van der Waals surface area contributed by atoms with Crippen LogP contribution in [0.3, 0.4) is 0 Å². The SMILES string of the molecule is CC(C)C(NC(=O)OC(C)(C)C)C(=O)N1CCC[C@H]1CP(c1ccccc1)c1ccccc1. The second-order valence-corrected chi connectivity index (χ2v) is 12.2. The number of nitrogens with one attached hydrogen (secondary N) is 1. The van der Waals surface area contributed by atoms with Crippen molar-refractivity contribution < 1.29 is 14.3 Å². The Morgan fingerprint density at radius 1 is 1.03 bits per heavy atom. The fourth-order valence-corrected chi connectivity index (χ4v) is 6.81. The van der Waals surface area contributed by atoms with E-state index in [1.54, 1.807) is 0 Å². The van der Waals surface area contributed by atoms with E-state index in [0.717, 1.165) is 25.5 Å². The smallest absolute Gasteiger partial charge is 0.408 e. The van der Waals surface area contributed by atoms with Gasteiger partial charge < -0.3 is 15.0 Å². The topological polar surface area (TPSA) is 58.6 Å². The Morgan fingerprint density at radius 2 is 1.58 bits per heavy atom. The number of nitrogens with zero attached hydrogens (tertiary/aromatic N) is 1. The first kappa shape index (κ1) is 25.2. The van der Waals surface area contributed by atoms with E-state index in [1.807, 2.05) is 51.7 Å². The molecule has 1 heterocycles. The standard InChI is InChI=1S/C27H37N2O3P/c1-20(2)24(28-26(31)32-27(3,4)5)25(30)29-18-12-13-21(29)19-33(22-14-8-6-9-15-22)23-16-10-7-11-17-23/h6-11,14-17,20-21,24H,12-13,18-19H2,1-5H3,(H,28,31)/t21-,24?/m0/s1. The van der Waals surface area contributed by atoms with Crippen LogP contribution < -0.4 is 15.9 Å². The number of hydrogen-bond donors (Lipinski definition) is 1. The average molecular weight is 469 g/mol. The van der Waals surface area contributed by atoms with E-state index < -0.39 is 25.7 Å². The summed E-state index contributed by atoms with van der Waals surface area (Å²) in [7, 11) is -0.589. The molecule has 1 fully saturated rings. The highest BCUT2D eigenvalue weighted by Gasteiger charge is 2.37. The molecule has 1 aliphatic heterocycles. The second kappa shape index (κ2) is 11.2. The summed E-state index contributed by atoms with van der Waals surface area (Å²) < 4.78 is 5.42. The minimum Gasteiger partial charge on any atom is -0.444 e. The van der Waals surface area contributed by atoms with Crippen molar-refractivity contribution in [3.05, 3.63) is 60.7 Å². The monoisotopic (exact) mass is 468 g/mol. The van der Waals surface area contributed by atoms with E-state index in [2.05, 4.69) is 53.8 Å². The Morgan fingerprint density at radius 3 is 2.06 bits per heavy atom. The molecule has 33 heavy (non-hydrogen) atoms. The molecule has 2 atom stereocenters. The lowest BCUT2D eigenvalue weighted by molar-refractivity contribution is -0.135. The molecule has 0 bridgehead atoms. The van der Waals surface area contributed by atoms with Gasteiger partial charge in [0.1, 0.15) is 11.6 Å². The minimum absolute atomic E-state index is 0.00516. The van der Waals surface area contributed by atoms with Gasteiger partial charge in [-0.15, -0.1) is 0 Å². The highest BCUT2D eigenvalue weighted by Crippen LogP contribution is 2.38. The van der Waals surface area contributed by atoms with Crippen molar-refractivity contribution >= 4 is 30.5 Å². The predicted octanol–water partition coefficient (Wildman–Crippen LogP) is 4.66. The van der Waals surface area contributed by atoms with Gasteiger partial charge in [-0.05, 0) is 64.2 Å². The number of rotatable bonds is 7. The summed E-state index contributed by atoms with van der Waals surface area (Å²) in [6, 6.07) is 20.8. The maximum absolute atomic E-state index is 13.6. The molecular weight excluding hydrogens is 431 g/mol. The van der Waals surface area contributed by atoms with Crippen molar-refractivity contribution in [1.82, 2.24) is 10.2 Å². The van der Waals surface area contributed by atoms with E-state index in [0.29, 0.717) is 0 Å². The van der Waals surface area contributed by atoms with Gasteiger partial charge >= 0.3 is 6.09 Å². The minimum atomic E-state index is -0.605. The number of benzene rings is 2. The number of carbonyl (C=O) groups is 2. The molecule has 1 N–H and O–H groups in total.